The van der Waals surface area contributed by atoms with Crippen molar-refractivity contribution < 1.29 is 19.4 Å². The average Bonchev–Trinajstić information content (AvgIpc) is 2.90. The first-order valence-corrected chi connectivity index (χ1v) is 6.26. The normalized spacial score (nSPS) is 20.3. The minimum absolute atomic E-state index is 0.279. The van der Waals surface area contributed by atoms with Crippen molar-refractivity contribution in [2.75, 3.05) is 13.7 Å². The van der Waals surface area contributed by atoms with Gasteiger partial charge in [0, 0.05) is 13.7 Å². The van der Waals surface area contributed by atoms with Crippen LogP contribution in [0.1, 0.15) is 24.5 Å². The topological polar surface area (TPSA) is 66.8 Å². The van der Waals surface area contributed by atoms with Crippen molar-refractivity contribution in [1.29, 1.82) is 0 Å². The third kappa shape index (κ3) is 2.76. The predicted octanol–water partition coefficient (Wildman–Crippen LogP) is 1.45. The molecule has 0 spiro atoms. The predicted molar refractivity (Wildman–Crippen MR) is 68.6 cm³/mol. The number of amides is 1. The molecule has 1 amide bonds. The summed E-state index contributed by atoms with van der Waals surface area (Å²) in [5.41, 5.74) is 0.742. The number of rotatable bonds is 4. The number of hydrogen-bond acceptors (Lipinski definition) is 3. The van der Waals surface area contributed by atoms with Crippen LogP contribution in [0.25, 0.3) is 0 Å². The van der Waals surface area contributed by atoms with Crippen LogP contribution in [0.15, 0.2) is 30.3 Å². The van der Waals surface area contributed by atoms with Crippen molar-refractivity contribution in [3.05, 3.63) is 35.9 Å². The molecule has 102 valence electrons. The zero-order valence-electron chi connectivity index (χ0n) is 10.8. The Hall–Kier alpha value is -1.88. The minimum Gasteiger partial charge on any atom is -0.480 e. The molecule has 1 saturated heterocycles. The van der Waals surface area contributed by atoms with Gasteiger partial charge in [0.15, 0.2) is 6.10 Å². The van der Waals surface area contributed by atoms with Gasteiger partial charge < -0.3 is 14.7 Å². The molecule has 1 aliphatic heterocycles. The van der Waals surface area contributed by atoms with Crippen molar-refractivity contribution in [1.82, 2.24) is 4.90 Å². The number of nitrogens with zero attached hydrogens (tertiary/aromatic N) is 1. The summed E-state index contributed by atoms with van der Waals surface area (Å²) in [5.74, 6) is -1.23. The molecule has 1 N–H and O–H groups in total. The second-order valence-electron chi connectivity index (χ2n) is 4.55. The van der Waals surface area contributed by atoms with Crippen LogP contribution in [0.3, 0.4) is 0 Å². The molecular formula is C14H17NO4. The minimum atomic E-state index is -0.950. The van der Waals surface area contributed by atoms with Crippen LogP contribution >= 0.6 is 0 Å². The molecule has 0 aliphatic carbocycles. The number of carbonyl (C=O) groups is 2. The SMILES string of the molecule is CO[C@@H](C(=O)N1CCC[C@@H]1C(=O)O)c1ccccc1. The zero-order chi connectivity index (χ0) is 13.8. The number of carboxylic acid groups (broad SMARTS) is 1. The average molecular weight is 263 g/mol. The van der Waals surface area contributed by atoms with Crippen LogP contribution < -0.4 is 0 Å². The Balaban J connectivity index is 2.19. The summed E-state index contributed by atoms with van der Waals surface area (Å²) in [4.78, 5) is 25.0. The summed E-state index contributed by atoms with van der Waals surface area (Å²) in [7, 11) is 1.46. The molecule has 5 nitrogen and oxygen atoms in total. The molecule has 19 heavy (non-hydrogen) atoms. The highest BCUT2D eigenvalue weighted by molar-refractivity contribution is 5.87. The summed E-state index contributed by atoms with van der Waals surface area (Å²) in [6.45, 7) is 0.475. The van der Waals surface area contributed by atoms with Crippen LogP contribution in [-0.2, 0) is 14.3 Å². The van der Waals surface area contributed by atoms with Gasteiger partial charge in [-0.2, -0.15) is 0 Å². The quantitative estimate of drug-likeness (QED) is 0.892. The van der Waals surface area contributed by atoms with Crippen LogP contribution in [0.4, 0.5) is 0 Å². The number of carbonyl (C=O) groups excluding carboxylic acids is 1. The number of methoxy groups -OCH3 is 1. The lowest BCUT2D eigenvalue weighted by Crippen LogP contribution is -2.43. The molecule has 1 aromatic rings. The molecule has 1 fully saturated rings. The summed E-state index contributed by atoms with van der Waals surface area (Å²) >= 11 is 0. The second kappa shape index (κ2) is 5.84. The number of aliphatic carboxylic acids is 1. The third-order valence-electron chi connectivity index (χ3n) is 3.38. The molecule has 2 atom stereocenters. The van der Waals surface area contributed by atoms with E-state index < -0.39 is 18.1 Å². The number of likely N-dealkylation sites (tertiary alicyclic amines) is 1. The maximum absolute atomic E-state index is 12.4. The van der Waals surface area contributed by atoms with Gasteiger partial charge >= 0.3 is 5.97 Å². The Kier molecular flexibility index (Phi) is 4.16. The maximum Gasteiger partial charge on any atom is 0.326 e. The van der Waals surface area contributed by atoms with Crippen molar-refractivity contribution in [3.63, 3.8) is 0 Å². The first-order chi connectivity index (χ1) is 9.15. The number of hydrogen-bond donors (Lipinski definition) is 1. The molecule has 1 aliphatic rings. The van der Waals surface area contributed by atoms with Crippen LogP contribution in [0.5, 0.6) is 0 Å². The lowest BCUT2D eigenvalue weighted by Gasteiger charge is -2.26. The maximum atomic E-state index is 12.4. The van der Waals surface area contributed by atoms with Crippen molar-refractivity contribution in [2.24, 2.45) is 0 Å². The molecule has 0 unspecified atom stereocenters. The Bertz CT molecular complexity index is 460. The molecule has 5 heteroatoms. The summed E-state index contributed by atoms with van der Waals surface area (Å²) in [6.07, 6.45) is 0.487. The smallest absolute Gasteiger partial charge is 0.326 e. The van der Waals surface area contributed by atoms with Crippen molar-refractivity contribution >= 4 is 11.9 Å². The Labute approximate surface area is 111 Å². The largest absolute Gasteiger partial charge is 0.480 e. The van der Waals surface area contributed by atoms with Gasteiger partial charge in [-0.05, 0) is 18.4 Å². The zero-order valence-corrected chi connectivity index (χ0v) is 10.8. The van der Waals surface area contributed by atoms with Gasteiger partial charge in [0.05, 0.1) is 0 Å². The molecule has 0 saturated carbocycles. The van der Waals surface area contributed by atoms with Gasteiger partial charge in [-0.3, -0.25) is 4.79 Å². The molecule has 0 aromatic heterocycles. The fourth-order valence-electron chi connectivity index (χ4n) is 2.45. The Morgan fingerprint density at radius 3 is 2.63 bits per heavy atom. The summed E-state index contributed by atoms with van der Waals surface area (Å²) in [5, 5.41) is 9.12. The monoisotopic (exact) mass is 263 g/mol. The number of benzene rings is 1. The Morgan fingerprint density at radius 2 is 2.05 bits per heavy atom. The van der Waals surface area contributed by atoms with Gasteiger partial charge in [0.2, 0.25) is 0 Å². The van der Waals surface area contributed by atoms with Crippen molar-refractivity contribution in [3.8, 4) is 0 Å². The first kappa shape index (κ1) is 13.5. The van der Waals surface area contributed by atoms with Gasteiger partial charge in [0.1, 0.15) is 6.04 Å². The molecular weight excluding hydrogens is 246 g/mol. The van der Waals surface area contributed by atoms with Crippen LogP contribution in [0.2, 0.25) is 0 Å². The van der Waals surface area contributed by atoms with E-state index in [1.807, 2.05) is 18.2 Å². The molecule has 0 bridgehead atoms. The summed E-state index contributed by atoms with van der Waals surface area (Å²) < 4.78 is 5.25. The highest BCUT2D eigenvalue weighted by Crippen LogP contribution is 2.25. The highest BCUT2D eigenvalue weighted by atomic mass is 16.5. The number of carboxylic acids is 1. The van der Waals surface area contributed by atoms with E-state index in [9.17, 15) is 9.59 Å². The fourth-order valence-corrected chi connectivity index (χ4v) is 2.45. The standard InChI is InChI=1S/C14H17NO4/c1-19-12(10-6-3-2-4-7-10)13(16)15-9-5-8-11(15)14(17)18/h2-4,6-7,11-12H,5,8-9H2,1H3,(H,17,18)/t11-,12-/m1/s1. The van der Waals surface area contributed by atoms with E-state index in [2.05, 4.69) is 0 Å². The Morgan fingerprint density at radius 1 is 1.37 bits per heavy atom. The van der Waals surface area contributed by atoms with Crippen molar-refractivity contribution in [2.45, 2.75) is 25.0 Å². The fraction of sp³-hybridized carbons (Fsp3) is 0.429. The van der Waals surface area contributed by atoms with E-state index in [1.165, 1.54) is 12.0 Å². The summed E-state index contributed by atoms with van der Waals surface area (Å²) in [6, 6.07) is 8.39. The highest BCUT2D eigenvalue weighted by Gasteiger charge is 2.37. The van der Waals surface area contributed by atoms with Gasteiger partial charge in [-0.25, -0.2) is 4.79 Å². The first-order valence-electron chi connectivity index (χ1n) is 6.26. The molecule has 0 radical (unpaired) electrons. The van der Waals surface area contributed by atoms with E-state index in [-0.39, 0.29) is 5.91 Å². The van der Waals surface area contributed by atoms with Crippen LogP contribution in [-0.4, -0.2) is 41.6 Å². The van der Waals surface area contributed by atoms with E-state index in [4.69, 9.17) is 9.84 Å². The van der Waals surface area contributed by atoms with E-state index in [1.54, 1.807) is 12.1 Å². The lowest BCUT2D eigenvalue weighted by atomic mass is 10.1. The molecule has 2 rings (SSSR count). The molecule has 1 heterocycles. The van der Waals surface area contributed by atoms with E-state index in [0.29, 0.717) is 19.4 Å². The number of ether oxygens (including phenoxy) is 1. The lowest BCUT2D eigenvalue weighted by molar-refractivity contribution is -0.153. The second-order valence-corrected chi connectivity index (χ2v) is 4.55. The van der Waals surface area contributed by atoms with E-state index >= 15 is 0 Å². The van der Waals surface area contributed by atoms with Gasteiger partial charge in [-0.15, -0.1) is 0 Å². The van der Waals surface area contributed by atoms with Crippen LogP contribution in [0, 0.1) is 0 Å². The van der Waals surface area contributed by atoms with E-state index in [0.717, 1.165) is 5.56 Å². The van der Waals surface area contributed by atoms with Gasteiger partial charge in [0.25, 0.3) is 5.91 Å². The van der Waals surface area contributed by atoms with Gasteiger partial charge in [-0.1, -0.05) is 30.3 Å². The third-order valence-corrected chi connectivity index (χ3v) is 3.38. The molecule has 1 aromatic carbocycles.